The molecule has 1 unspecified atom stereocenters. The molecule has 2 heterocycles. The summed E-state index contributed by atoms with van der Waals surface area (Å²) in [5, 5.41) is 0. The highest BCUT2D eigenvalue weighted by Gasteiger charge is 2.26. The smallest absolute Gasteiger partial charge is 0.259 e. The molecule has 92 valence electrons. The lowest BCUT2D eigenvalue weighted by atomic mass is 10.2. The molecule has 1 atom stereocenters. The van der Waals surface area contributed by atoms with Crippen LogP contribution in [0.25, 0.3) is 0 Å². The van der Waals surface area contributed by atoms with Gasteiger partial charge in [-0.25, -0.2) is 4.98 Å². The molecule has 0 aliphatic carbocycles. The Bertz CT molecular complexity index is 408. The van der Waals surface area contributed by atoms with E-state index in [9.17, 15) is 4.79 Å². The molecule has 0 aromatic carbocycles. The lowest BCUT2D eigenvalue weighted by molar-refractivity contribution is 0.0785. The number of likely N-dealkylation sites (tertiary alicyclic amines) is 1. The SMILES string of the molecule is CCOc1ncccc1C(=O)N1CCC(N)C1. The molecule has 1 aliphatic heterocycles. The van der Waals surface area contributed by atoms with Gasteiger partial charge in [0.15, 0.2) is 0 Å². The Labute approximate surface area is 101 Å². The van der Waals surface area contributed by atoms with E-state index in [1.807, 2.05) is 6.92 Å². The van der Waals surface area contributed by atoms with Crippen molar-refractivity contribution in [2.75, 3.05) is 19.7 Å². The summed E-state index contributed by atoms with van der Waals surface area (Å²) in [5.41, 5.74) is 6.31. The van der Waals surface area contributed by atoms with Crippen molar-refractivity contribution in [3.63, 3.8) is 0 Å². The first-order valence-corrected chi connectivity index (χ1v) is 5.85. The van der Waals surface area contributed by atoms with Crippen LogP contribution in [0, 0.1) is 0 Å². The zero-order chi connectivity index (χ0) is 12.3. The quantitative estimate of drug-likeness (QED) is 0.835. The Morgan fingerprint density at radius 2 is 2.53 bits per heavy atom. The van der Waals surface area contributed by atoms with E-state index < -0.39 is 0 Å². The van der Waals surface area contributed by atoms with Crippen LogP contribution in [0.5, 0.6) is 5.88 Å². The molecule has 0 bridgehead atoms. The van der Waals surface area contributed by atoms with Crippen LogP contribution >= 0.6 is 0 Å². The summed E-state index contributed by atoms with van der Waals surface area (Å²) in [7, 11) is 0. The molecule has 1 amide bonds. The monoisotopic (exact) mass is 235 g/mol. The second-order valence-electron chi connectivity index (χ2n) is 4.09. The predicted molar refractivity (Wildman–Crippen MR) is 63.9 cm³/mol. The second-order valence-corrected chi connectivity index (χ2v) is 4.09. The largest absolute Gasteiger partial charge is 0.477 e. The predicted octanol–water partition coefficient (Wildman–Crippen LogP) is 0.654. The highest BCUT2D eigenvalue weighted by atomic mass is 16.5. The first-order valence-electron chi connectivity index (χ1n) is 5.85. The van der Waals surface area contributed by atoms with Crippen LogP contribution in [-0.4, -0.2) is 41.5 Å². The van der Waals surface area contributed by atoms with Gasteiger partial charge in [0, 0.05) is 25.3 Å². The highest BCUT2D eigenvalue weighted by molar-refractivity contribution is 5.96. The molecule has 1 saturated heterocycles. The Kier molecular flexibility index (Phi) is 3.58. The molecule has 0 spiro atoms. The van der Waals surface area contributed by atoms with Crippen LogP contribution in [0.1, 0.15) is 23.7 Å². The number of carbonyl (C=O) groups excluding carboxylic acids is 1. The van der Waals surface area contributed by atoms with Gasteiger partial charge in [-0.15, -0.1) is 0 Å². The van der Waals surface area contributed by atoms with Crippen molar-refractivity contribution in [1.82, 2.24) is 9.88 Å². The number of carbonyl (C=O) groups is 1. The van der Waals surface area contributed by atoms with E-state index in [0.717, 1.165) is 6.42 Å². The second kappa shape index (κ2) is 5.14. The zero-order valence-electron chi connectivity index (χ0n) is 9.93. The summed E-state index contributed by atoms with van der Waals surface area (Å²) in [4.78, 5) is 18.1. The molecule has 17 heavy (non-hydrogen) atoms. The third-order valence-electron chi connectivity index (χ3n) is 2.79. The number of nitrogens with two attached hydrogens (primary N) is 1. The van der Waals surface area contributed by atoms with Gasteiger partial charge < -0.3 is 15.4 Å². The Hall–Kier alpha value is -1.62. The highest BCUT2D eigenvalue weighted by Crippen LogP contribution is 2.19. The lowest BCUT2D eigenvalue weighted by Crippen LogP contribution is -2.32. The van der Waals surface area contributed by atoms with E-state index in [2.05, 4.69) is 4.98 Å². The summed E-state index contributed by atoms with van der Waals surface area (Å²) in [6.45, 7) is 3.69. The number of aromatic nitrogens is 1. The van der Waals surface area contributed by atoms with Gasteiger partial charge in [-0.05, 0) is 25.5 Å². The number of rotatable bonds is 3. The van der Waals surface area contributed by atoms with Crippen molar-refractivity contribution >= 4 is 5.91 Å². The molecule has 0 radical (unpaired) electrons. The van der Waals surface area contributed by atoms with E-state index in [1.54, 1.807) is 23.2 Å². The molecular formula is C12H17N3O2. The number of pyridine rings is 1. The molecule has 2 N–H and O–H groups in total. The first kappa shape index (κ1) is 11.9. The first-order chi connectivity index (χ1) is 8.22. The third-order valence-corrected chi connectivity index (χ3v) is 2.79. The maximum Gasteiger partial charge on any atom is 0.259 e. The number of ether oxygens (including phenoxy) is 1. The summed E-state index contributed by atoms with van der Waals surface area (Å²) >= 11 is 0. The topological polar surface area (TPSA) is 68.5 Å². The molecule has 1 aromatic rings. The molecule has 0 saturated carbocycles. The van der Waals surface area contributed by atoms with Crippen molar-refractivity contribution < 1.29 is 9.53 Å². The van der Waals surface area contributed by atoms with Crippen LogP contribution in [0.4, 0.5) is 0 Å². The van der Waals surface area contributed by atoms with Crippen molar-refractivity contribution in [3.8, 4) is 5.88 Å². The summed E-state index contributed by atoms with van der Waals surface area (Å²) < 4.78 is 5.35. The van der Waals surface area contributed by atoms with E-state index in [1.165, 1.54) is 0 Å². The van der Waals surface area contributed by atoms with E-state index in [-0.39, 0.29) is 11.9 Å². The zero-order valence-corrected chi connectivity index (χ0v) is 9.93. The molecule has 1 aliphatic rings. The van der Waals surface area contributed by atoms with Gasteiger partial charge >= 0.3 is 0 Å². The Morgan fingerprint density at radius 1 is 1.71 bits per heavy atom. The maximum absolute atomic E-state index is 12.2. The van der Waals surface area contributed by atoms with Gasteiger partial charge in [-0.1, -0.05) is 0 Å². The molecule has 5 heteroatoms. The normalized spacial score (nSPS) is 19.4. The summed E-state index contributed by atoms with van der Waals surface area (Å²) in [5.74, 6) is 0.356. The minimum atomic E-state index is -0.0468. The average molecular weight is 235 g/mol. The van der Waals surface area contributed by atoms with Crippen molar-refractivity contribution in [2.45, 2.75) is 19.4 Å². The fraction of sp³-hybridized carbons (Fsp3) is 0.500. The Balaban J connectivity index is 2.18. The lowest BCUT2D eigenvalue weighted by Gasteiger charge is -2.17. The van der Waals surface area contributed by atoms with Crippen molar-refractivity contribution in [2.24, 2.45) is 5.73 Å². The number of amides is 1. The van der Waals surface area contributed by atoms with Crippen molar-refractivity contribution in [1.29, 1.82) is 0 Å². The number of nitrogens with zero attached hydrogens (tertiary/aromatic N) is 2. The molecule has 5 nitrogen and oxygen atoms in total. The van der Waals surface area contributed by atoms with Crippen LogP contribution < -0.4 is 10.5 Å². The van der Waals surface area contributed by atoms with Gasteiger partial charge in [-0.3, -0.25) is 4.79 Å². The summed E-state index contributed by atoms with van der Waals surface area (Å²) in [6.07, 6.45) is 2.48. The summed E-state index contributed by atoms with van der Waals surface area (Å²) in [6, 6.07) is 3.57. The Morgan fingerprint density at radius 3 is 3.18 bits per heavy atom. The number of hydrogen-bond acceptors (Lipinski definition) is 4. The van der Waals surface area contributed by atoms with Gasteiger partial charge in [-0.2, -0.15) is 0 Å². The van der Waals surface area contributed by atoms with E-state index in [0.29, 0.717) is 31.1 Å². The van der Waals surface area contributed by atoms with E-state index in [4.69, 9.17) is 10.5 Å². The van der Waals surface area contributed by atoms with Gasteiger partial charge in [0.05, 0.1) is 6.61 Å². The minimum Gasteiger partial charge on any atom is -0.477 e. The molecule has 2 rings (SSSR count). The fourth-order valence-electron chi connectivity index (χ4n) is 1.95. The van der Waals surface area contributed by atoms with Crippen LogP contribution in [0.2, 0.25) is 0 Å². The minimum absolute atomic E-state index is 0.0468. The molecule has 1 fully saturated rings. The van der Waals surface area contributed by atoms with Crippen LogP contribution in [0.15, 0.2) is 18.3 Å². The number of hydrogen-bond donors (Lipinski definition) is 1. The van der Waals surface area contributed by atoms with Gasteiger partial charge in [0.2, 0.25) is 5.88 Å². The molecule has 1 aromatic heterocycles. The fourth-order valence-corrected chi connectivity index (χ4v) is 1.95. The van der Waals surface area contributed by atoms with Crippen LogP contribution in [0.3, 0.4) is 0 Å². The van der Waals surface area contributed by atoms with Crippen molar-refractivity contribution in [3.05, 3.63) is 23.9 Å². The van der Waals surface area contributed by atoms with Crippen LogP contribution in [-0.2, 0) is 0 Å². The third kappa shape index (κ3) is 2.55. The molecular weight excluding hydrogens is 218 g/mol. The van der Waals surface area contributed by atoms with Gasteiger partial charge in [0.25, 0.3) is 5.91 Å². The standard InChI is InChI=1S/C12H17N3O2/c1-2-17-11-10(4-3-6-14-11)12(16)15-7-5-9(13)8-15/h3-4,6,9H,2,5,7-8,13H2,1H3. The van der Waals surface area contributed by atoms with Gasteiger partial charge in [0.1, 0.15) is 5.56 Å². The maximum atomic E-state index is 12.2. The average Bonchev–Trinajstić information content (AvgIpc) is 2.76. The van der Waals surface area contributed by atoms with E-state index >= 15 is 0 Å².